The highest BCUT2D eigenvalue weighted by atomic mass is 16.6. The SMILES string of the molecule is Cc1cc(C(=O)Cn2cc([N+](=O)[O-])cc(C(N)=O)c2=O)c(C)n1C[C@H]1CCCO1. The average molecular weight is 402 g/mol. The molecule has 1 amide bonds. The number of amides is 1. The van der Waals surface area contributed by atoms with E-state index >= 15 is 0 Å². The molecule has 29 heavy (non-hydrogen) atoms. The lowest BCUT2D eigenvalue weighted by molar-refractivity contribution is -0.385. The van der Waals surface area contributed by atoms with E-state index in [2.05, 4.69) is 0 Å². The summed E-state index contributed by atoms with van der Waals surface area (Å²) in [5.41, 5.74) is 5.31. The van der Waals surface area contributed by atoms with Crippen LogP contribution in [0.3, 0.4) is 0 Å². The number of Topliss-reactive ketones (excluding diaryl/α,β-unsaturated/α-hetero) is 1. The second kappa shape index (κ2) is 8.00. The number of nitrogens with two attached hydrogens (primary N) is 1. The Morgan fingerprint density at radius 2 is 2.03 bits per heavy atom. The predicted octanol–water partition coefficient (Wildman–Crippen LogP) is 1.34. The monoisotopic (exact) mass is 402 g/mol. The summed E-state index contributed by atoms with van der Waals surface area (Å²) in [5, 5.41) is 11.1. The molecule has 2 N–H and O–H groups in total. The molecule has 0 saturated carbocycles. The second-order valence-electron chi connectivity index (χ2n) is 7.12. The highest BCUT2D eigenvalue weighted by Gasteiger charge is 2.23. The summed E-state index contributed by atoms with van der Waals surface area (Å²) in [4.78, 5) is 47.1. The highest BCUT2D eigenvalue weighted by Crippen LogP contribution is 2.21. The normalized spacial score (nSPS) is 16.1. The van der Waals surface area contributed by atoms with Crippen LogP contribution in [0.25, 0.3) is 0 Å². The predicted molar refractivity (Wildman–Crippen MR) is 103 cm³/mol. The third-order valence-electron chi connectivity index (χ3n) is 5.15. The van der Waals surface area contributed by atoms with Gasteiger partial charge < -0.3 is 19.6 Å². The number of aromatic nitrogens is 2. The molecule has 3 rings (SSSR count). The molecular weight excluding hydrogens is 380 g/mol. The van der Waals surface area contributed by atoms with E-state index in [1.807, 2.05) is 11.5 Å². The number of nitrogens with zero attached hydrogens (tertiary/aromatic N) is 3. The molecule has 1 aliphatic heterocycles. The van der Waals surface area contributed by atoms with Gasteiger partial charge in [0, 0.05) is 36.2 Å². The Morgan fingerprint density at radius 3 is 2.62 bits per heavy atom. The summed E-state index contributed by atoms with van der Waals surface area (Å²) in [5.74, 6) is -1.48. The van der Waals surface area contributed by atoms with Gasteiger partial charge >= 0.3 is 0 Å². The number of carbonyl (C=O) groups is 2. The number of hydrogen-bond acceptors (Lipinski definition) is 6. The summed E-state index contributed by atoms with van der Waals surface area (Å²) >= 11 is 0. The number of nitro groups is 1. The van der Waals surface area contributed by atoms with Crippen molar-refractivity contribution in [3.05, 3.63) is 61.3 Å². The molecule has 10 heteroatoms. The van der Waals surface area contributed by atoms with E-state index in [4.69, 9.17) is 10.5 Å². The molecule has 3 heterocycles. The van der Waals surface area contributed by atoms with Gasteiger partial charge in [-0.1, -0.05) is 0 Å². The number of pyridine rings is 1. The minimum Gasteiger partial charge on any atom is -0.376 e. The average Bonchev–Trinajstić information content (AvgIpc) is 3.26. The van der Waals surface area contributed by atoms with E-state index < -0.39 is 40.0 Å². The fourth-order valence-corrected chi connectivity index (χ4v) is 3.61. The van der Waals surface area contributed by atoms with Gasteiger partial charge in [0.2, 0.25) is 0 Å². The maximum atomic E-state index is 12.9. The Kier molecular flexibility index (Phi) is 5.64. The number of ketones is 1. The van der Waals surface area contributed by atoms with Gasteiger partial charge in [0.15, 0.2) is 5.78 Å². The van der Waals surface area contributed by atoms with Crippen molar-refractivity contribution in [1.29, 1.82) is 0 Å². The van der Waals surface area contributed by atoms with E-state index in [0.29, 0.717) is 12.1 Å². The van der Waals surface area contributed by atoms with Crippen molar-refractivity contribution in [1.82, 2.24) is 9.13 Å². The van der Waals surface area contributed by atoms with Crippen LogP contribution in [-0.4, -0.2) is 38.5 Å². The first-order valence-electron chi connectivity index (χ1n) is 9.19. The van der Waals surface area contributed by atoms with Gasteiger partial charge in [0.05, 0.1) is 23.8 Å². The first-order valence-corrected chi connectivity index (χ1v) is 9.19. The standard InChI is InChI=1S/C19H22N4O6/c1-11-6-15(12(2)22(11)9-14-4-3-5-29-14)17(24)10-21-8-13(23(27)28)7-16(18(20)25)19(21)26/h6-8,14H,3-5,9-10H2,1-2H3,(H2,20,25)/t14-/m1/s1. The van der Waals surface area contributed by atoms with E-state index in [0.717, 1.165) is 47.7 Å². The molecule has 0 unspecified atom stereocenters. The topological polar surface area (TPSA) is 139 Å². The second-order valence-corrected chi connectivity index (χ2v) is 7.12. The van der Waals surface area contributed by atoms with Crippen LogP contribution in [0.5, 0.6) is 0 Å². The van der Waals surface area contributed by atoms with Crippen LogP contribution in [0.4, 0.5) is 5.69 Å². The lowest BCUT2D eigenvalue weighted by Gasteiger charge is -2.15. The highest BCUT2D eigenvalue weighted by molar-refractivity contribution is 5.97. The van der Waals surface area contributed by atoms with Gasteiger partial charge in [0.25, 0.3) is 17.2 Å². The summed E-state index contributed by atoms with van der Waals surface area (Å²) < 4.78 is 8.51. The molecule has 10 nitrogen and oxygen atoms in total. The van der Waals surface area contributed by atoms with Crippen molar-refractivity contribution in [3.8, 4) is 0 Å². The number of ether oxygens (including phenoxy) is 1. The Bertz CT molecular complexity index is 1050. The van der Waals surface area contributed by atoms with Gasteiger partial charge in [-0.05, 0) is 32.8 Å². The van der Waals surface area contributed by atoms with E-state index in [1.165, 1.54) is 0 Å². The van der Waals surface area contributed by atoms with Gasteiger partial charge in [-0.3, -0.25) is 24.5 Å². The third-order valence-corrected chi connectivity index (χ3v) is 5.15. The van der Waals surface area contributed by atoms with Crippen LogP contribution in [0.15, 0.2) is 23.1 Å². The summed E-state index contributed by atoms with van der Waals surface area (Å²) in [6.45, 7) is 4.61. The molecule has 0 spiro atoms. The van der Waals surface area contributed by atoms with Gasteiger partial charge in [-0.15, -0.1) is 0 Å². The maximum absolute atomic E-state index is 12.9. The van der Waals surface area contributed by atoms with Crippen molar-refractivity contribution < 1.29 is 19.2 Å². The summed E-state index contributed by atoms with van der Waals surface area (Å²) in [6, 6.07) is 2.54. The molecule has 1 fully saturated rings. The van der Waals surface area contributed by atoms with Crippen molar-refractivity contribution in [2.75, 3.05) is 6.61 Å². The first-order chi connectivity index (χ1) is 13.7. The minimum atomic E-state index is -1.09. The molecular formula is C19H22N4O6. The summed E-state index contributed by atoms with van der Waals surface area (Å²) in [6.07, 6.45) is 3.01. The number of carbonyl (C=O) groups excluding carboxylic acids is 2. The van der Waals surface area contributed by atoms with Crippen LogP contribution >= 0.6 is 0 Å². The van der Waals surface area contributed by atoms with E-state index in [1.54, 1.807) is 13.0 Å². The van der Waals surface area contributed by atoms with Crippen LogP contribution in [0, 0.1) is 24.0 Å². The zero-order valence-electron chi connectivity index (χ0n) is 16.2. The summed E-state index contributed by atoms with van der Waals surface area (Å²) in [7, 11) is 0. The fraction of sp³-hybridized carbons (Fsp3) is 0.421. The van der Waals surface area contributed by atoms with Gasteiger partial charge in [0.1, 0.15) is 5.56 Å². The number of hydrogen-bond donors (Lipinski definition) is 1. The molecule has 0 bridgehead atoms. The zero-order chi connectivity index (χ0) is 21.3. The molecule has 1 aliphatic rings. The molecule has 154 valence electrons. The molecule has 0 radical (unpaired) electrons. The fourth-order valence-electron chi connectivity index (χ4n) is 3.61. The van der Waals surface area contributed by atoms with E-state index in [9.17, 15) is 24.5 Å². The van der Waals surface area contributed by atoms with Crippen LogP contribution in [-0.2, 0) is 17.8 Å². The molecule has 2 aromatic rings. The Labute approximate surface area is 166 Å². The lowest BCUT2D eigenvalue weighted by Crippen LogP contribution is -2.31. The van der Waals surface area contributed by atoms with Crippen molar-refractivity contribution in [3.63, 3.8) is 0 Å². The zero-order valence-corrected chi connectivity index (χ0v) is 16.2. The maximum Gasteiger partial charge on any atom is 0.286 e. The molecule has 0 aromatic carbocycles. The quantitative estimate of drug-likeness (QED) is 0.421. The molecule has 0 aliphatic carbocycles. The largest absolute Gasteiger partial charge is 0.376 e. The lowest BCUT2D eigenvalue weighted by atomic mass is 10.1. The number of aryl methyl sites for hydroxylation is 1. The first kappa shape index (κ1) is 20.5. The minimum absolute atomic E-state index is 0.0975. The van der Waals surface area contributed by atoms with Crippen LogP contribution in [0.2, 0.25) is 0 Å². The number of primary amides is 1. The molecule has 1 saturated heterocycles. The van der Waals surface area contributed by atoms with Crippen molar-refractivity contribution in [2.45, 2.75) is 45.9 Å². The van der Waals surface area contributed by atoms with Crippen molar-refractivity contribution >= 4 is 17.4 Å². The smallest absolute Gasteiger partial charge is 0.286 e. The van der Waals surface area contributed by atoms with E-state index in [-0.39, 0.29) is 6.10 Å². The van der Waals surface area contributed by atoms with Crippen molar-refractivity contribution in [2.24, 2.45) is 5.73 Å². The Morgan fingerprint density at radius 1 is 1.31 bits per heavy atom. The molecule has 1 atom stereocenters. The van der Waals surface area contributed by atoms with Crippen LogP contribution < -0.4 is 11.3 Å². The third kappa shape index (κ3) is 4.11. The van der Waals surface area contributed by atoms with Gasteiger partial charge in [-0.25, -0.2) is 0 Å². The van der Waals surface area contributed by atoms with Gasteiger partial charge in [-0.2, -0.15) is 0 Å². The molecule has 2 aromatic heterocycles. The number of rotatable bonds is 7. The Balaban J connectivity index is 1.92. The Hall–Kier alpha value is -3.27. The van der Waals surface area contributed by atoms with Crippen LogP contribution in [0.1, 0.15) is 44.9 Å².